The molecule has 0 atom stereocenters. The van der Waals surface area contributed by atoms with Crippen molar-refractivity contribution in [1.29, 1.82) is 0 Å². The Bertz CT molecular complexity index is 908. The smallest absolute Gasteiger partial charge is 0.274 e. The van der Waals surface area contributed by atoms with Crippen LogP contribution in [0.25, 0.3) is 22.5 Å². The zero-order valence-corrected chi connectivity index (χ0v) is 11.6. The van der Waals surface area contributed by atoms with E-state index in [4.69, 9.17) is 0 Å². The Hall–Kier alpha value is -2.73. The summed E-state index contributed by atoms with van der Waals surface area (Å²) in [5.74, 6) is 0. The first-order valence-electron chi connectivity index (χ1n) is 6.18. The highest BCUT2D eigenvalue weighted by Crippen LogP contribution is 2.21. The van der Waals surface area contributed by atoms with Crippen LogP contribution in [-0.2, 0) is 0 Å². The number of aromatic nitrogens is 1. The maximum Gasteiger partial charge on any atom is 0.312 e. The van der Waals surface area contributed by atoms with Gasteiger partial charge in [-0.05, 0) is 24.3 Å². The van der Waals surface area contributed by atoms with Crippen LogP contribution in [0.3, 0.4) is 0 Å². The van der Waals surface area contributed by atoms with E-state index in [1.807, 2.05) is 24.3 Å². The number of rotatable bonds is 3. The maximum atomic E-state index is 12.0. The molecule has 0 N–H and O–H groups in total. The van der Waals surface area contributed by atoms with E-state index >= 15 is 0 Å². The number of fused-ring (bicyclic) bond motifs is 1. The van der Waals surface area contributed by atoms with Crippen molar-refractivity contribution in [2.75, 3.05) is 0 Å². The van der Waals surface area contributed by atoms with Crippen LogP contribution in [0.1, 0.15) is 5.56 Å². The summed E-state index contributed by atoms with van der Waals surface area (Å²) in [7, 11) is 0. The standard InChI is InChI=1S/C15H10N2O3S/c18-15-16(13-7-3-4-8-14(13)21-15)10-9-11-5-1-2-6-12(11)17(19)20/h1-10H. The number of thiazole rings is 1. The molecule has 5 nitrogen and oxygen atoms in total. The van der Waals surface area contributed by atoms with Crippen molar-refractivity contribution in [2.45, 2.75) is 0 Å². The normalized spacial score (nSPS) is 11.2. The minimum atomic E-state index is -0.436. The van der Waals surface area contributed by atoms with E-state index in [0.29, 0.717) is 5.56 Å². The highest BCUT2D eigenvalue weighted by molar-refractivity contribution is 7.16. The Morgan fingerprint density at radius 2 is 1.81 bits per heavy atom. The molecule has 0 saturated carbocycles. The van der Waals surface area contributed by atoms with E-state index in [0.717, 1.165) is 21.6 Å². The van der Waals surface area contributed by atoms with Gasteiger partial charge >= 0.3 is 4.87 Å². The fraction of sp³-hybridized carbons (Fsp3) is 0. The number of hydrogen-bond donors (Lipinski definition) is 0. The molecule has 0 unspecified atom stereocenters. The van der Waals surface area contributed by atoms with Gasteiger partial charge in [-0.3, -0.25) is 19.5 Å². The average molecular weight is 298 g/mol. The molecule has 0 aliphatic carbocycles. The summed E-state index contributed by atoms with van der Waals surface area (Å²) < 4.78 is 2.38. The van der Waals surface area contributed by atoms with Gasteiger partial charge in [-0.25, -0.2) is 0 Å². The Morgan fingerprint density at radius 3 is 2.62 bits per heavy atom. The fourth-order valence-corrected chi connectivity index (χ4v) is 2.94. The van der Waals surface area contributed by atoms with E-state index in [2.05, 4.69) is 0 Å². The number of nitro benzene ring substituents is 1. The van der Waals surface area contributed by atoms with Crippen LogP contribution in [0, 0.1) is 10.1 Å². The van der Waals surface area contributed by atoms with Crippen LogP contribution in [0.4, 0.5) is 5.69 Å². The van der Waals surface area contributed by atoms with Crippen LogP contribution >= 0.6 is 11.3 Å². The lowest BCUT2D eigenvalue weighted by Gasteiger charge is -1.98. The van der Waals surface area contributed by atoms with Crippen LogP contribution in [0.15, 0.2) is 53.3 Å². The second-order valence-corrected chi connectivity index (χ2v) is 5.33. The van der Waals surface area contributed by atoms with Gasteiger partial charge in [-0.1, -0.05) is 35.6 Å². The minimum absolute atomic E-state index is 0.0151. The summed E-state index contributed by atoms with van der Waals surface area (Å²) in [5.41, 5.74) is 1.27. The number of hydrogen-bond acceptors (Lipinski definition) is 4. The van der Waals surface area contributed by atoms with Crippen LogP contribution in [-0.4, -0.2) is 9.49 Å². The quantitative estimate of drug-likeness (QED) is 0.548. The van der Waals surface area contributed by atoms with Crippen LogP contribution < -0.4 is 4.87 Å². The molecule has 0 bridgehead atoms. The van der Waals surface area contributed by atoms with Gasteiger partial charge in [0.15, 0.2) is 0 Å². The third-order valence-corrected chi connectivity index (χ3v) is 3.99. The number of benzene rings is 2. The maximum absolute atomic E-state index is 12.0. The Labute approximate surface area is 123 Å². The van der Waals surface area contributed by atoms with E-state index in [9.17, 15) is 14.9 Å². The third kappa shape index (κ3) is 2.48. The molecule has 2 aromatic carbocycles. The zero-order chi connectivity index (χ0) is 14.8. The molecule has 0 amide bonds. The lowest BCUT2D eigenvalue weighted by molar-refractivity contribution is -0.385. The van der Waals surface area contributed by atoms with Gasteiger partial charge in [0.05, 0.1) is 20.7 Å². The third-order valence-electron chi connectivity index (χ3n) is 3.06. The van der Waals surface area contributed by atoms with Crippen molar-refractivity contribution >= 4 is 39.5 Å². The average Bonchev–Trinajstić information content (AvgIpc) is 2.81. The Balaban J connectivity index is 2.09. The van der Waals surface area contributed by atoms with E-state index < -0.39 is 4.92 Å². The number of nitro groups is 1. The zero-order valence-electron chi connectivity index (χ0n) is 10.8. The first-order valence-corrected chi connectivity index (χ1v) is 7.00. The van der Waals surface area contributed by atoms with E-state index in [1.165, 1.54) is 10.6 Å². The minimum Gasteiger partial charge on any atom is -0.274 e. The summed E-state index contributed by atoms with van der Waals surface area (Å²) in [6.07, 6.45) is 3.15. The highest BCUT2D eigenvalue weighted by atomic mass is 32.1. The Morgan fingerprint density at radius 1 is 1.10 bits per heavy atom. The monoisotopic (exact) mass is 298 g/mol. The molecule has 3 aromatic rings. The SMILES string of the molecule is O=c1sc2ccccc2n1C=Cc1ccccc1[N+](=O)[O-]. The summed E-state index contributed by atoms with van der Waals surface area (Å²) in [4.78, 5) is 22.4. The molecule has 0 aliphatic rings. The molecule has 0 fully saturated rings. The van der Waals surface area contributed by atoms with Gasteiger partial charge in [0, 0.05) is 12.3 Å². The molecule has 6 heteroatoms. The van der Waals surface area contributed by atoms with Crippen molar-refractivity contribution in [3.05, 3.63) is 73.9 Å². The van der Waals surface area contributed by atoms with Crippen molar-refractivity contribution in [1.82, 2.24) is 4.57 Å². The molecule has 0 spiro atoms. The van der Waals surface area contributed by atoms with Gasteiger partial charge in [0.1, 0.15) is 0 Å². The molecule has 0 aliphatic heterocycles. The lowest BCUT2D eigenvalue weighted by Crippen LogP contribution is -2.05. The summed E-state index contributed by atoms with van der Waals surface area (Å²) >= 11 is 1.15. The van der Waals surface area contributed by atoms with Crippen LogP contribution in [0.5, 0.6) is 0 Å². The van der Waals surface area contributed by atoms with Crippen LogP contribution in [0.2, 0.25) is 0 Å². The first-order chi connectivity index (χ1) is 10.2. The summed E-state index contributed by atoms with van der Waals surface area (Å²) in [6.45, 7) is 0. The van der Waals surface area contributed by atoms with Gasteiger partial charge in [0.2, 0.25) is 0 Å². The second kappa shape index (κ2) is 5.34. The number of nitrogens with zero attached hydrogens (tertiary/aromatic N) is 2. The van der Waals surface area contributed by atoms with Gasteiger partial charge < -0.3 is 0 Å². The molecule has 21 heavy (non-hydrogen) atoms. The molecule has 1 heterocycles. The van der Waals surface area contributed by atoms with Crippen molar-refractivity contribution < 1.29 is 4.92 Å². The second-order valence-electron chi connectivity index (χ2n) is 4.34. The predicted molar refractivity (Wildman–Crippen MR) is 84.4 cm³/mol. The summed E-state index contributed by atoms with van der Waals surface area (Å²) in [5, 5.41) is 11.0. The van der Waals surface area contributed by atoms with Gasteiger partial charge in [-0.2, -0.15) is 0 Å². The molecule has 1 aromatic heterocycles. The molecule has 3 rings (SSSR count). The number of para-hydroxylation sites is 2. The molecular weight excluding hydrogens is 288 g/mol. The van der Waals surface area contributed by atoms with E-state index in [-0.39, 0.29) is 10.6 Å². The highest BCUT2D eigenvalue weighted by Gasteiger charge is 2.10. The van der Waals surface area contributed by atoms with Crippen molar-refractivity contribution in [2.24, 2.45) is 0 Å². The topological polar surface area (TPSA) is 65.1 Å². The largest absolute Gasteiger partial charge is 0.312 e. The van der Waals surface area contributed by atoms with E-state index in [1.54, 1.807) is 30.5 Å². The first kappa shape index (κ1) is 13.3. The predicted octanol–water partition coefficient (Wildman–Crippen LogP) is 3.60. The molecular formula is C15H10N2O3S. The molecule has 0 saturated heterocycles. The summed E-state index contributed by atoms with van der Waals surface area (Å²) in [6, 6.07) is 13.9. The molecule has 104 valence electrons. The lowest BCUT2D eigenvalue weighted by atomic mass is 10.2. The van der Waals surface area contributed by atoms with Gasteiger partial charge in [0.25, 0.3) is 5.69 Å². The van der Waals surface area contributed by atoms with Gasteiger partial charge in [-0.15, -0.1) is 0 Å². The van der Waals surface area contributed by atoms with Crippen molar-refractivity contribution in [3.63, 3.8) is 0 Å². The Kier molecular flexibility index (Phi) is 3.37. The van der Waals surface area contributed by atoms with Crippen molar-refractivity contribution in [3.8, 4) is 0 Å². The molecule has 0 radical (unpaired) electrons. The fourth-order valence-electron chi connectivity index (χ4n) is 2.07.